The Morgan fingerprint density at radius 3 is 2.96 bits per heavy atom. The maximum Gasteiger partial charge on any atom is 0.227 e. The van der Waals surface area contributed by atoms with Crippen molar-refractivity contribution >= 4 is 5.91 Å². The van der Waals surface area contributed by atoms with E-state index in [-0.39, 0.29) is 17.7 Å². The number of rotatable bonds is 4. The summed E-state index contributed by atoms with van der Waals surface area (Å²) >= 11 is 0. The van der Waals surface area contributed by atoms with Gasteiger partial charge in [-0.15, -0.1) is 0 Å². The van der Waals surface area contributed by atoms with Crippen molar-refractivity contribution in [2.24, 2.45) is 13.0 Å². The van der Waals surface area contributed by atoms with Gasteiger partial charge in [0.2, 0.25) is 5.91 Å². The average Bonchev–Trinajstić information content (AvgIpc) is 3.14. The monoisotopic (exact) mass is 312 g/mol. The molecule has 3 rings (SSSR count). The third-order valence-corrected chi connectivity index (χ3v) is 4.56. The van der Waals surface area contributed by atoms with Crippen molar-refractivity contribution in [2.75, 3.05) is 20.1 Å². The largest absolute Gasteiger partial charge is 0.341 e. The first kappa shape index (κ1) is 15.7. The lowest BCUT2D eigenvalue weighted by Gasteiger charge is -2.24. The van der Waals surface area contributed by atoms with E-state index in [4.69, 9.17) is 0 Å². The summed E-state index contributed by atoms with van der Waals surface area (Å²) < 4.78 is 1.80. The molecule has 1 fully saturated rings. The SMILES string of the molecule is Cc1cccc(CN(C)C(=O)[C@H]2CNC[C@@H]2c2cnn(C)c2)c1. The van der Waals surface area contributed by atoms with Crippen LogP contribution < -0.4 is 5.32 Å². The lowest BCUT2D eigenvalue weighted by molar-refractivity contribution is -0.134. The summed E-state index contributed by atoms with van der Waals surface area (Å²) in [5.41, 5.74) is 3.53. The molecule has 0 spiro atoms. The van der Waals surface area contributed by atoms with Gasteiger partial charge in [0.25, 0.3) is 0 Å². The van der Waals surface area contributed by atoms with Gasteiger partial charge in [-0.2, -0.15) is 5.10 Å². The zero-order chi connectivity index (χ0) is 16.4. The molecule has 0 bridgehead atoms. The number of carbonyl (C=O) groups excluding carboxylic acids is 1. The van der Waals surface area contributed by atoms with Gasteiger partial charge in [0, 0.05) is 45.8 Å². The molecule has 0 radical (unpaired) electrons. The van der Waals surface area contributed by atoms with Crippen molar-refractivity contribution < 1.29 is 4.79 Å². The van der Waals surface area contributed by atoms with Crippen LogP contribution in [0.25, 0.3) is 0 Å². The second kappa shape index (κ2) is 6.54. The van der Waals surface area contributed by atoms with Gasteiger partial charge in [-0.3, -0.25) is 9.48 Å². The number of aromatic nitrogens is 2. The Kier molecular flexibility index (Phi) is 4.48. The predicted octanol–water partition coefficient (Wildman–Crippen LogP) is 1.69. The van der Waals surface area contributed by atoms with E-state index in [2.05, 4.69) is 35.5 Å². The molecule has 2 heterocycles. The third kappa shape index (κ3) is 3.45. The number of amides is 1. The van der Waals surface area contributed by atoms with Crippen LogP contribution in [0.5, 0.6) is 0 Å². The molecule has 5 nitrogen and oxygen atoms in total. The Hall–Kier alpha value is -2.14. The first-order chi connectivity index (χ1) is 11.0. The topological polar surface area (TPSA) is 50.2 Å². The fraction of sp³-hybridized carbons (Fsp3) is 0.444. The number of nitrogens with zero attached hydrogens (tertiary/aromatic N) is 3. The molecule has 1 aromatic carbocycles. The number of carbonyl (C=O) groups is 1. The fourth-order valence-electron chi connectivity index (χ4n) is 3.37. The van der Waals surface area contributed by atoms with Gasteiger partial charge in [-0.25, -0.2) is 0 Å². The van der Waals surface area contributed by atoms with Gasteiger partial charge in [-0.1, -0.05) is 29.8 Å². The summed E-state index contributed by atoms with van der Waals surface area (Å²) in [6.45, 7) is 4.29. The molecule has 5 heteroatoms. The average molecular weight is 312 g/mol. The molecule has 0 aliphatic carbocycles. The minimum Gasteiger partial charge on any atom is -0.341 e. The molecule has 1 N–H and O–H groups in total. The highest BCUT2D eigenvalue weighted by Crippen LogP contribution is 2.29. The van der Waals surface area contributed by atoms with Crippen LogP contribution in [0.2, 0.25) is 0 Å². The number of benzene rings is 1. The molecule has 1 saturated heterocycles. The highest BCUT2D eigenvalue weighted by Gasteiger charge is 2.36. The number of aryl methyl sites for hydroxylation is 2. The zero-order valence-electron chi connectivity index (χ0n) is 14.0. The van der Waals surface area contributed by atoms with E-state index >= 15 is 0 Å². The zero-order valence-corrected chi connectivity index (χ0v) is 14.0. The number of nitrogens with one attached hydrogen (secondary N) is 1. The predicted molar refractivity (Wildman–Crippen MR) is 90.0 cm³/mol. The molecule has 1 aromatic heterocycles. The Morgan fingerprint density at radius 2 is 2.26 bits per heavy atom. The van der Waals surface area contributed by atoms with Gasteiger partial charge in [0.15, 0.2) is 0 Å². The van der Waals surface area contributed by atoms with Crippen LogP contribution >= 0.6 is 0 Å². The summed E-state index contributed by atoms with van der Waals surface area (Å²) in [6, 6.07) is 8.32. The van der Waals surface area contributed by atoms with E-state index in [1.807, 2.05) is 37.5 Å². The highest BCUT2D eigenvalue weighted by atomic mass is 16.2. The first-order valence-electron chi connectivity index (χ1n) is 8.04. The third-order valence-electron chi connectivity index (χ3n) is 4.56. The summed E-state index contributed by atoms with van der Waals surface area (Å²) in [7, 11) is 3.80. The number of hydrogen-bond acceptors (Lipinski definition) is 3. The van der Waals surface area contributed by atoms with E-state index in [1.54, 1.807) is 4.68 Å². The lowest BCUT2D eigenvalue weighted by atomic mass is 9.90. The summed E-state index contributed by atoms with van der Waals surface area (Å²) in [4.78, 5) is 14.7. The van der Waals surface area contributed by atoms with Crippen LogP contribution in [-0.4, -0.2) is 40.7 Å². The molecule has 0 unspecified atom stereocenters. The quantitative estimate of drug-likeness (QED) is 0.935. The normalized spacial score (nSPS) is 20.7. The second-order valence-corrected chi connectivity index (χ2v) is 6.50. The van der Waals surface area contributed by atoms with Gasteiger partial charge >= 0.3 is 0 Å². The molecule has 23 heavy (non-hydrogen) atoms. The molecule has 1 amide bonds. The summed E-state index contributed by atoms with van der Waals surface area (Å²) in [5.74, 6) is 0.385. The Bertz CT molecular complexity index is 694. The van der Waals surface area contributed by atoms with E-state index in [9.17, 15) is 4.79 Å². The molecule has 1 aliphatic rings. The summed E-state index contributed by atoms with van der Waals surface area (Å²) in [5, 5.41) is 7.60. The van der Waals surface area contributed by atoms with Crippen LogP contribution in [0, 0.1) is 12.8 Å². The van der Waals surface area contributed by atoms with Crippen LogP contribution in [-0.2, 0) is 18.4 Å². The van der Waals surface area contributed by atoms with Crippen LogP contribution in [0.15, 0.2) is 36.7 Å². The highest BCUT2D eigenvalue weighted by molar-refractivity contribution is 5.80. The van der Waals surface area contributed by atoms with E-state index in [0.29, 0.717) is 6.54 Å². The maximum atomic E-state index is 12.9. The Labute approximate surface area is 137 Å². The van der Waals surface area contributed by atoms with E-state index < -0.39 is 0 Å². The van der Waals surface area contributed by atoms with E-state index in [1.165, 1.54) is 11.1 Å². The van der Waals surface area contributed by atoms with Crippen molar-refractivity contribution in [3.05, 3.63) is 53.3 Å². The minimum absolute atomic E-state index is 0.0194. The standard InChI is InChI=1S/C18H24N4O/c1-13-5-4-6-14(7-13)11-21(2)18(23)17-10-19-9-16(17)15-8-20-22(3)12-15/h4-8,12,16-17,19H,9-11H2,1-3H3/t16-,17+/m1/s1. The molecule has 0 saturated carbocycles. The van der Waals surface area contributed by atoms with Gasteiger partial charge in [-0.05, 0) is 18.1 Å². The van der Waals surface area contributed by atoms with Crippen molar-refractivity contribution in [3.8, 4) is 0 Å². The van der Waals surface area contributed by atoms with Crippen molar-refractivity contribution in [3.63, 3.8) is 0 Å². The van der Waals surface area contributed by atoms with Gasteiger partial charge in [0.05, 0.1) is 12.1 Å². The smallest absolute Gasteiger partial charge is 0.227 e. The van der Waals surface area contributed by atoms with Crippen molar-refractivity contribution in [1.82, 2.24) is 20.0 Å². The lowest BCUT2D eigenvalue weighted by Crippen LogP contribution is -2.35. The molecule has 1 aliphatic heterocycles. The fourth-order valence-corrected chi connectivity index (χ4v) is 3.37. The van der Waals surface area contributed by atoms with Gasteiger partial charge < -0.3 is 10.2 Å². The summed E-state index contributed by atoms with van der Waals surface area (Å²) in [6.07, 6.45) is 3.89. The van der Waals surface area contributed by atoms with Crippen molar-refractivity contribution in [2.45, 2.75) is 19.4 Å². The number of hydrogen-bond donors (Lipinski definition) is 1. The molecular formula is C18H24N4O. The van der Waals surface area contributed by atoms with Crippen LogP contribution in [0.1, 0.15) is 22.6 Å². The van der Waals surface area contributed by atoms with Crippen LogP contribution in [0.4, 0.5) is 0 Å². The molecule has 2 aromatic rings. The molecular weight excluding hydrogens is 288 g/mol. The molecule has 2 atom stereocenters. The maximum absolute atomic E-state index is 12.9. The van der Waals surface area contributed by atoms with Crippen LogP contribution in [0.3, 0.4) is 0 Å². The Balaban J connectivity index is 1.71. The van der Waals surface area contributed by atoms with Crippen molar-refractivity contribution in [1.29, 1.82) is 0 Å². The first-order valence-corrected chi connectivity index (χ1v) is 8.04. The Morgan fingerprint density at radius 1 is 1.43 bits per heavy atom. The molecule has 122 valence electrons. The van der Waals surface area contributed by atoms with Gasteiger partial charge in [0.1, 0.15) is 0 Å². The van der Waals surface area contributed by atoms with E-state index in [0.717, 1.165) is 18.7 Å². The second-order valence-electron chi connectivity index (χ2n) is 6.50. The minimum atomic E-state index is -0.0194.